The van der Waals surface area contributed by atoms with Crippen molar-refractivity contribution < 1.29 is 9.53 Å². The Hall–Kier alpha value is -2.06. The summed E-state index contributed by atoms with van der Waals surface area (Å²) < 4.78 is 5.18. The summed E-state index contributed by atoms with van der Waals surface area (Å²) in [7, 11) is 1.62. The van der Waals surface area contributed by atoms with Gasteiger partial charge in [0.1, 0.15) is 6.33 Å². The average molecular weight is 361 g/mol. The Morgan fingerprint density at radius 3 is 3.12 bits per heavy atom. The summed E-state index contributed by atoms with van der Waals surface area (Å²) >= 11 is 1.54. The van der Waals surface area contributed by atoms with E-state index >= 15 is 0 Å². The molecule has 1 saturated heterocycles. The smallest absolute Gasteiger partial charge is 0.223 e. The second kappa shape index (κ2) is 8.35. The van der Waals surface area contributed by atoms with Crippen LogP contribution in [0.3, 0.4) is 0 Å². The Morgan fingerprint density at radius 1 is 1.44 bits per heavy atom. The van der Waals surface area contributed by atoms with Crippen molar-refractivity contribution in [2.45, 2.75) is 32.7 Å². The first kappa shape index (κ1) is 17.8. The van der Waals surface area contributed by atoms with Gasteiger partial charge in [-0.3, -0.25) is 9.69 Å². The van der Waals surface area contributed by atoms with Crippen molar-refractivity contribution in [2.75, 3.05) is 25.5 Å². The fraction of sp³-hybridized carbons (Fsp3) is 0.529. The number of thiazole rings is 1. The first-order valence-corrected chi connectivity index (χ1v) is 9.23. The topological polar surface area (TPSA) is 80.2 Å². The van der Waals surface area contributed by atoms with Gasteiger partial charge in [-0.2, -0.15) is 0 Å². The van der Waals surface area contributed by atoms with Crippen molar-refractivity contribution in [3.63, 3.8) is 0 Å². The molecule has 0 spiro atoms. The zero-order chi connectivity index (χ0) is 17.6. The monoisotopic (exact) mass is 361 g/mol. The number of piperidine rings is 1. The molecule has 3 heterocycles. The van der Waals surface area contributed by atoms with Crippen LogP contribution in [0.4, 0.5) is 5.13 Å². The third kappa shape index (κ3) is 5.20. The van der Waals surface area contributed by atoms with Gasteiger partial charge < -0.3 is 10.1 Å². The quantitative estimate of drug-likeness (QED) is 0.851. The van der Waals surface area contributed by atoms with Crippen molar-refractivity contribution in [2.24, 2.45) is 5.92 Å². The van der Waals surface area contributed by atoms with Crippen molar-refractivity contribution in [3.05, 3.63) is 29.2 Å². The maximum atomic E-state index is 11.1. The van der Waals surface area contributed by atoms with E-state index in [9.17, 15) is 4.79 Å². The zero-order valence-electron chi connectivity index (χ0n) is 14.6. The van der Waals surface area contributed by atoms with Gasteiger partial charge in [-0.05, 0) is 31.7 Å². The van der Waals surface area contributed by atoms with Gasteiger partial charge in [-0.15, -0.1) is 11.3 Å². The molecule has 7 nitrogen and oxygen atoms in total. The molecule has 0 aromatic carbocycles. The molecular weight excluding hydrogens is 338 g/mol. The fourth-order valence-corrected chi connectivity index (χ4v) is 4.07. The summed E-state index contributed by atoms with van der Waals surface area (Å²) in [5.74, 6) is 1.11. The number of aromatic nitrogens is 3. The van der Waals surface area contributed by atoms with Gasteiger partial charge in [0.15, 0.2) is 5.13 Å². The van der Waals surface area contributed by atoms with E-state index in [-0.39, 0.29) is 5.91 Å². The highest BCUT2D eigenvalue weighted by molar-refractivity contribution is 7.15. The summed E-state index contributed by atoms with van der Waals surface area (Å²) in [5, 5.41) is 3.41. The second-order valence-corrected chi connectivity index (χ2v) is 7.43. The van der Waals surface area contributed by atoms with E-state index in [0.29, 0.717) is 16.9 Å². The molecule has 1 fully saturated rings. The first-order valence-electron chi connectivity index (χ1n) is 8.42. The number of hydrogen-bond acceptors (Lipinski definition) is 7. The summed E-state index contributed by atoms with van der Waals surface area (Å²) in [6, 6.07) is 1.92. The van der Waals surface area contributed by atoms with E-state index in [2.05, 4.69) is 25.2 Å². The van der Waals surface area contributed by atoms with Crippen LogP contribution in [0.5, 0.6) is 5.88 Å². The summed E-state index contributed by atoms with van der Waals surface area (Å²) in [4.78, 5) is 27.4. The third-order valence-corrected chi connectivity index (χ3v) is 5.12. The van der Waals surface area contributed by atoms with Crippen LogP contribution in [0, 0.1) is 5.92 Å². The lowest BCUT2D eigenvalue weighted by molar-refractivity contribution is -0.114. The number of methoxy groups -OCH3 is 1. The number of nitrogens with zero attached hydrogens (tertiary/aromatic N) is 4. The van der Waals surface area contributed by atoms with E-state index in [0.717, 1.165) is 31.7 Å². The highest BCUT2D eigenvalue weighted by atomic mass is 32.1. The highest BCUT2D eigenvalue weighted by Crippen LogP contribution is 2.25. The Morgan fingerprint density at radius 2 is 2.32 bits per heavy atom. The fourth-order valence-electron chi connectivity index (χ4n) is 3.17. The molecule has 134 valence electrons. The molecule has 2 aromatic rings. The normalized spacial score (nSPS) is 18.1. The molecule has 0 bridgehead atoms. The molecule has 25 heavy (non-hydrogen) atoms. The van der Waals surface area contributed by atoms with Gasteiger partial charge in [0.05, 0.1) is 7.11 Å². The standard InChI is InChI=1S/C17H23N5O2S/c1-12(23)21-17-18-8-15(25-17)10-22-5-3-4-13(9-22)6-14-7-16(24-2)20-11-19-14/h7-8,11,13H,3-6,9-10H2,1-2H3,(H,18,21,23). The molecule has 1 aliphatic rings. The molecule has 1 aliphatic heterocycles. The van der Waals surface area contributed by atoms with Crippen molar-refractivity contribution in [1.82, 2.24) is 19.9 Å². The van der Waals surface area contributed by atoms with Gasteiger partial charge in [0.2, 0.25) is 11.8 Å². The van der Waals surface area contributed by atoms with E-state index in [1.165, 1.54) is 24.6 Å². The van der Waals surface area contributed by atoms with Crippen LogP contribution in [-0.4, -0.2) is 46.0 Å². The van der Waals surface area contributed by atoms with E-state index in [1.54, 1.807) is 24.8 Å². The maximum absolute atomic E-state index is 11.1. The lowest BCUT2D eigenvalue weighted by atomic mass is 9.93. The van der Waals surface area contributed by atoms with Crippen LogP contribution >= 0.6 is 11.3 Å². The Balaban J connectivity index is 1.55. The minimum Gasteiger partial charge on any atom is -0.481 e. The summed E-state index contributed by atoms with van der Waals surface area (Å²) in [6.07, 6.45) is 6.76. The third-order valence-electron chi connectivity index (χ3n) is 4.22. The Labute approximate surface area is 151 Å². The summed E-state index contributed by atoms with van der Waals surface area (Å²) in [6.45, 7) is 4.51. The molecule has 1 N–H and O–H groups in total. The zero-order valence-corrected chi connectivity index (χ0v) is 15.4. The van der Waals surface area contributed by atoms with E-state index < -0.39 is 0 Å². The van der Waals surface area contributed by atoms with Crippen LogP contribution in [-0.2, 0) is 17.8 Å². The van der Waals surface area contributed by atoms with Gasteiger partial charge in [0.25, 0.3) is 0 Å². The lowest BCUT2D eigenvalue weighted by Gasteiger charge is -2.32. The molecule has 2 aromatic heterocycles. The second-order valence-electron chi connectivity index (χ2n) is 6.31. The van der Waals surface area contributed by atoms with Crippen LogP contribution in [0.15, 0.2) is 18.6 Å². The predicted molar refractivity (Wildman–Crippen MR) is 96.7 cm³/mol. The molecule has 1 unspecified atom stereocenters. The predicted octanol–water partition coefficient (Wildman–Crippen LogP) is 2.35. The van der Waals surface area contributed by atoms with E-state index in [1.807, 2.05) is 12.3 Å². The molecule has 1 amide bonds. The van der Waals surface area contributed by atoms with Crippen molar-refractivity contribution >= 4 is 22.4 Å². The number of rotatable bonds is 6. The van der Waals surface area contributed by atoms with Gasteiger partial charge in [-0.1, -0.05) is 0 Å². The molecular formula is C17H23N5O2S. The Kier molecular flexibility index (Phi) is 5.93. The molecule has 1 atom stereocenters. The van der Waals surface area contributed by atoms with Gasteiger partial charge in [-0.25, -0.2) is 15.0 Å². The Bertz CT molecular complexity index is 721. The van der Waals surface area contributed by atoms with Crippen LogP contribution in [0.1, 0.15) is 30.3 Å². The van der Waals surface area contributed by atoms with Gasteiger partial charge in [0, 0.05) is 42.8 Å². The van der Waals surface area contributed by atoms with Crippen molar-refractivity contribution in [1.29, 1.82) is 0 Å². The average Bonchev–Trinajstić information content (AvgIpc) is 3.01. The number of hydrogen-bond donors (Lipinski definition) is 1. The molecule has 0 aliphatic carbocycles. The number of nitrogens with one attached hydrogen (secondary N) is 1. The van der Waals surface area contributed by atoms with E-state index in [4.69, 9.17) is 4.74 Å². The van der Waals surface area contributed by atoms with Crippen LogP contribution in [0.25, 0.3) is 0 Å². The summed E-state index contributed by atoms with van der Waals surface area (Å²) in [5.41, 5.74) is 1.03. The van der Waals surface area contributed by atoms with Gasteiger partial charge >= 0.3 is 0 Å². The molecule has 3 rings (SSSR count). The largest absolute Gasteiger partial charge is 0.481 e. The first-order chi connectivity index (χ1) is 12.1. The lowest BCUT2D eigenvalue weighted by Crippen LogP contribution is -2.35. The number of anilines is 1. The highest BCUT2D eigenvalue weighted by Gasteiger charge is 2.21. The molecule has 0 saturated carbocycles. The van der Waals surface area contributed by atoms with Crippen LogP contribution < -0.4 is 10.1 Å². The molecule has 8 heteroatoms. The molecule has 0 radical (unpaired) electrons. The minimum absolute atomic E-state index is 0.0841. The minimum atomic E-state index is -0.0841. The number of ether oxygens (including phenoxy) is 1. The van der Waals surface area contributed by atoms with Crippen LogP contribution in [0.2, 0.25) is 0 Å². The van der Waals surface area contributed by atoms with Crippen molar-refractivity contribution in [3.8, 4) is 5.88 Å². The number of carbonyl (C=O) groups excluding carboxylic acids is 1. The maximum Gasteiger partial charge on any atom is 0.223 e. The number of carbonyl (C=O) groups is 1. The number of amides is 1. The SMILES string of the molecule is COc1cc(CC2CCCN(Cc3cnc(NC(C)=O)s3)C2)ncn1. The number of likely N-dealkylation sites (tertiary alicyclic amines) is 1.